The van der Waals surface area contributed by atoms with Gasteiger partial charge in [-0.15, -0.1) is 0 Å². The Labute approximate surface area is 516 Å². The highest BCUT2D eigenvalue weighted by Gasteiger charge is 2.25. The van der Waals surface area contributed by atoms with E-state index in [1.54, 1.807) is 12.4 Å². The van der Waals surface area contributed by atoms with Crippen LogP contribution in [-0.2, 0) is 0 Å². The van der Waals surface area contributed by atoms with Gasteiger partial charge in [0.15, 0.2) is 23.1 Å². The number of rotatable bonds is 44. The lowest BCUT2D eigenvalue weighted by atomic mass is 10.1. The Morgan fingerprint density at radius 1 is 0.337 bits per heavy atom. The molecule has 2 aromatic carbocycles. The molecule has 0 aliphatic carbocycles. The lowest BCUT2D eigenvalue weighted by Gasteiger charge is -2.26. The maximum absolute atomic E-state index is 9.22. The summed E-state index contributed by atoms with van der Waals surface area (Å²) in [5.41, 5.74) is 1.91. The van der Waals surface area contributed by atoms with Crippen molar-refractivity contribution in [2.75, 3.05) is 26.4 Å². The van der Waals surface area contributed by atoms with Crippen LogP contribution in [0.1, 0.15) is 196 Å². The van der Waals surface area contributed by atoms with Crippen LogP contribution in [0.15, 0.2) is 73.3 Å². The lowest BCUT2D eigenvalue weighted by Crippen LogP contribution is -2.30. The number of benzene rings is 2. The van der Waals surface area contributed by atoms with Crippen LogP contribution in [0.25, 0.3) is 22.8 Å². The van der Waals surface area contributed by atoms with Crippen LogP contribution in [0.3, 0.4) is 0 Å². The summed E-state index contributed by atoms with van der Waals surface area (Å²) in [4.78, 5) is 17.2. The van der Waals surface area contributed by atoms with Crippen LogP contribution in [0, 0.1) is 0 Å². The molecule has 0 amide bonds. The molecule has 0 aliphatic heterocycles. The van der Waals surface area contributed by atoms with Crippen molar-refractivity contribution in [3.8, 4) is 45.8 Å². The van der Waals surface area contributed by atoms with Gasteiger partial charge >= 0.3 is 0 Å². The SMILES string of the molecule is C.C.CCCCCCCCCCOc1ccc(-c2ncc(O)cn2)cc1.CCCCCCCCCCOc1ccc(-c2ncc(OCCCCCCCC[Si](C)(C)CC[Si](C)(C)C)cn2)cc1.C[Si](C)(C)CC[Si](C)(C)CCCCCCO. The summed E-state index contributed by atoms with van der Waals surface area (Å²) in [6.07, 6.45) is 40.1. The molecule has 0 fully saturated rings. The van der Waals surface area contributed by atoms with E-state index in [0.717, 1.165) is 79.7 Å². The molecule has 2 heterocycles. The van der Waals surface area contributed by atoms with E-state index < -0.39 is 32.3 Å². The lowest BCUT2D eigenvalue weighted by molar-refractivity contribution is 0.283. The van der Waals surface area contributed by atoms with Crippen molar-refractivity contribution >= 4 is 32.3 Å². The zero-order valence-corrected chi connectivity index (χ0v) is 58.3. The van der Waals surface area contributed by atoms with Gasteiger partial charge in [-0.25, -0.2) is 19.9 Å². The standard InChI is InChI=1S/C35H62N2O2Si2.C20H28N2O2.C13H32OSi2.2CH4/c1-7-8-9-10-11-12-15-18-25-38-33-23-21-32(22-24-33)35-36-30-34(31-37-35)39-26-19-16-13-14-17-20-27-41(5,6)29-28-40(2,3)4;1-2-3-4-5-6-7-8-9-14-24-19-12-10-17(11-13-19)20-21-15-18(23)16-22-20;1-15(2,3)12-13-16(4,5)11-9-7-6-8-10-14;;/h21-24,30-31H,7-20,25-29H2,1-6H3;10-13,15-16,23H,2-9,14H2,1H3;14H,6-13H2,1-5H3;2*1H4. The summed E-state index contributed by atoms with van der Waals surface area (Å²) in [7, 11) is -3.59. The fourth-order valence-corrected chi connectivity index (χ4v) is 23.9. The molecule has 83 heavy (non-hydrogen) atoms. The van der Waals surface area contributed by atoms with Crippen LogP contribution in [0.5, 0.6) is 23.0 Å². The summed E-state index contributed by atoms with van der Waals surface area (Å²) in [5, 5.41) is 17.9. The number of aromatic hydroxyl groups is 1. The number of hydrogen-bond donors (Lipinski definition) is 2. The number of aliphatic hydroxyl groups is 1. The molecule has 2 N–H and O–H groups in total. The maximum atomic E-state index is 9.22. The van der Waals surface area contributed by atoms with Gasteiger partial charge in [0.2, 0.25) is 0 Å². The Kier molecular flexibility index (Phi) is 45.8. The Hall–Kier alpha value is -3.37. The number of unbranched alkanes of at least 4 members (excludes halogenated alkanes) is 22. The zero-order valence-electron chi connectivity index (χ0n) is 54.3. The molecule has 0 atom stereocenters. The Balaban J connectivity index is 0.00000135. The predicted molar refractivity (Wildman–Crippen MR) is 376 cm³/mol. The maximum Gasteiger partial charge on any atom is 0.159 e. The van der Waals surface area contributed by atoms with E-state index in [4.69, 9.17) is 19.3 Å². The second-order valence-electron chi connectivity index (χ2n) is 27.3. The van der Waals surface area contributed by atoms with Gasteiger partial charge in [0.05, 0.1) is 44.6 Å². The molecule has 0 saturated carbocycles. The first kappa shape index (κ1) is 79.6. The molecule has 2 aromatic heterocycles. The van der Waals surface area contributed by atoms with Gasteiger partial charge in [0, 0.05) is 50.0 Å². The Morgan fingerprint density at radius 2 is 0.627 bits per heavy atom. The molecule has 0 bridgehead atoms. The second-order valence-corrected chi connectivity index (χ2v) is 49.2. The Morgan fingerprint density at radius 3 is 0.952 bits per heavy atom. The van der Waals surface area contributed by atoms with Crippen LogP contribution >= 0.6 is 0 Å². The fraction of sp³-hybridized carbons (Fsp3) is 0.714. The molecule has 4 rings (SSSR count). The highest BCUT2D eigenvalue weighted by molar-refractivity contribution is 6.82. The molecule has 0 aliphatic rings. The van der Waals surface area contributed by atoms with Gasteiger partial charge in [0.1, 0.15) is 11.5 Å². The van der Waals surface area contributed by atoms with Crippen LogP contribution in [-0.4, -0.2) is 88.9 Å². The summed E-state index contributed by atoms with van der Waals surface area (Å²) in [6.45, 7) is 32.5. The number of ether oxygens (including phenoxy) is 3. The van der Waals surface area contributed by atoms with Crippen LogP contribution in [0.2, 0.25) is 102 Å². The van der Waals surface area contributed by atoms with Gasteiger partial charge in [-0.05, 0) is 74.2 Å². The van der Waals surface area contributed by atoms with Crippen molar-refractivity contribution in [2.24, 2.45) is 0 Å². The molecule has 4 aromatic rings. The van der Waals surface area contributed by atoms with Gasteiger partial charge in [-0.2, -0.15) is 0 Å². The van der Waals surface area contributed by atoms with Crippen LogP contribution in [0.4, 0.5) is 0 Å². The first-order chi connectivity index (χ1) is 38.7. The average Bonchev–Trinajstić information content (AvgIpc) is 3.44. The molecular formula is C70H130N4O5Si4. The highest BCUT2D eigenvalue weighted by Crippen LogP contribution is 2.28. The average molecular weight is 1220 g/mol. The first-order valence-corrected chi connectivity index (χ1v) is 47.0. The molecule has 0 spiro atoms. The fourth-order valence-electron chi connectivity index (χ4n) is 9.61. The molecule has 476 valence electrons. The molecule has 13 heteroatoms. The van der Waals surface area contributed by atoms with Crippen molar-refractivity contribution in [3.63, 3.8) is 0 Å². The van der Waals surface area contributed by atoms with E-state index in [9.17, 15) is 5.11 Å². The minimum absolute atomic E-state index is 0. The van der Waals surface area contributed by atoms with E-state index in [0.29, 0.717) is 12.4 Å². The topological polar surface area (TPSA) is 120 Å². The van der Waals surface area contributed by atoms with Crippen molar-refractivity contribution in [1.82, 2.24) is 19.9 Å². The van der Waals surface area contributed by atoms with Crippen molar-refractivity contribution < 1.29 is 24.4 Å². The monoisotopic (exact) mass is 1220 g/mol. The zero-order chi connectivity index (χ0) is 59.5. The number of hydrogen-bond acceptors (Lipinski definition) is 9. The summed E-state index contributed by atoms with van der Waals surface area (Å²) in [6, 6.07) is 25.0. The van der Waals surface area contributed by atoms with Gasteiger partial charge in [0.25, 0.3) is 0 Å². The molecular weight excluding hydrogens is 1090 g/mol. The van der Waals surface area contributed by atoms with E-state index in [-0.39, 0.29) is 20.6 Å². The predicted octanol–water partition coefficient (Wildman–Crippen LogP) is 22.7. The van der Waals surface area contributed by atoms with E-state index >= 15 is 0 Å². The molecule has 0 radical (unpaired) electrons. The van der Waals surface area contributed by atoms with Crippen molar-refractivity contribution in [2.45, 2.75) is 297 Å². The van der Waals surface area contributed by atoms with E-state index in [1.807, 2.05) is 48.5 Å². The quantitative estimate of drug-likeness (QED) is 0.0329. The highest BCUT2D eigenvalue weighted by atomic mass is 28.3. The minimum atomic E-state index is -0.976. The summed E-state index contributed by atoms with van der Waals surface area (Å²) >= 11 is 0. The number of nitrogens with zero attached hydrogens (tertiary/aromatic N) is 4. The third-order valence-corrected chi connectivity index (χ3v) is 26.5. The van der Waals surface area contributed by atoms with Crippen LogP contribution < -0.4 is 14.2 Å². The minimum Gasteiger partial charge on any atom is -0.505 e. The smallest absolute Gasteiger partial charge is 0.159 e. The van der Waals surface area contributed by atoms with Gasteiger partial charge in [-0.3, -0.25) is 0 Å². The molecule has 0 unspecified atom stereocenters. The summed E-state index contributed by atoms with van der Waals surface area (Å²) in [5.74, 6) is 3.94. The number of aromatic nitrogens is 4. The van der Waals surface area contributed by atoms with Crippen molar-refractivity contribution in [1.29, 1.82) is 0 Å². The van der Waals surface area contributed by atoms with Gasteiger partial charge < -0.3 is 24.4 Å². The largest absolute Gasteiger partial charge is 0.505 e. The third kappa shape index (κ3) is 44.7. The van der Waals surface area contributed by atoms with Gasteiger partial charge in [-0.1, -0.05) is 272 Å². The first-order valence-electron chi connectivity index (χ1n) is 32.8. The number of aliphatic hydroxyl groups excluding tert-OH is 1. The normalized spacial score (nSPS) is 11.6. The van der Waals surface area contributed by atoms with E-state index in [2.05, 4.69) is 99.3 Å². The second kappa shape index (κ2) is 47.7. The Bertz CT molecular complexity index is 2080. The third-order valence-electron chi connectivity index (χ3n) is 15.4. The summed E-state index contributed by atoms with van der Waals surface area (Å²) < 4.78 is 17.6. The van der Waals surface area contributed by atoms with E-state index in [1.165, 1.54) is 190 Å². The molecule has 0 saturated heterocycles. The van der Waals surface area contributed by atoms with Crippen molar-refractivity contribution in [3.05, 3.63) is 73.3 Å². The molecule has 9 nitrogen and oxygen atoms in total.